The summed E-state index contributed by atoms with van der Waals surface area (Å²) in [4.78, 5) is 26.1. The maximum Gasteiger partial charge on any atom is 0.416 e. The second-order valence-corrected chi connectivity index (χ2v) is 8.80. The molecule has 0 spiro atoms. The van der Waals surface area contributed by atoms with Gasteiger partial charge in [-0.3, -0.25) is 9.69 Å². The van der Waals surface area contributed by atoms with Crippen molar-refractivity contribution >= 4 is 12.0 Å². The molecule has 1 saturated heterocycles. The number of aromatic nitrogens is 2. The monoisotopic (exact) mass is 481 g/mol. The second-order valence-electron chi connectivity index (χ2n) is 8.80. The minimum Gasteiger partial charge on any atom is -0.444 e. The van der Waals surface area contributed by atoms with Gasteiger partial charge in [0.25, 0.3) is 0 Å². The molecule has 182 valence electrons. The van der Waals surface area contributed by atoms with Gasteiger partial charge >= 0.3 is 12.3 Å². The molecule has 2 heterocycles. The van der Waals surface area contributed by atoms with Gasteiger partial charge in [0.15, 0.2) is 5.69 Å². The molecule has 1 aliphatic heterocycles. The minimum absolute atomic E-state index is 0.0426. The molecule has 1 aromatic heterocycles. The standard InChI is InChI=1S/C22H23F4N5O3/c1-21(2,3)34-20(33)30-12-15(23)8-18(30)19(32)28-10-13-11-31(29-17(13)9-27)16-6-4-14(5-7-16)22(24,25)26/h4-7,11,15,18H,8,10,12H2,1-3H3,(H,28,32). The van der Waals surface area contributed by atoms with Crippen molar-refractivity contribution in [2.75, 3.05) is 6.54 Å². The molecule has 0 aliphatic carbocycles. The smallest absolute Gasteiger partial charge is 0.416 e. The van der Waals surface area contributed by atoms with E-state index < -0.39 is 41.6 Å². The zero-order valence-electron chi connectivity index (χ0n) is 18.7. The number of halogens is 4. The first-order chi connectivity index (χ1) is 15.8. The van der Waals surface area contributed by atoms with E-state index in [0.717, 1.165) is 17.0 Å². The Hall–Kier alpha value is -3.62. The zero-order chi connectivity index (χ0) is 25.3. The van der Waals surface area contributed by atoms with Crippen molar-refractivity contribution in [3.8, 4) is 11.8 Å². The molecule has 2 aromatic rings. The van der Waals surface area contributed by atoms with E-state index in [1.54, 1.807) is 20.8 Å². The molecule has 2 unspecified atom stereocenters. The number of carbonyl (C=O) groups excluding carboxylic acids is 2. The van der Waals surface area contributed by atoms with Gasteiger partial charge in [0.05, 0.1) is 17.8 Å². The molecule has 2 amide bonds. The summed E-state index contributed by atoms with van der Waals surface area (Å²) in [6.45, 7) is 4.53. The molecular weight excluding hydrogens is 458 g/mol. The van der Waals surface area contributed by atoms with Gasteiger partial charge in [0.2, 0.25) is 5.91 Å². The fourth-order valence-electron chi connectivity index (χ4n) is 3.42. The van der Waals surface area contributed by atoms with Gasteiger partial charge in [0.1, 0.15) is 23.9 Å². The lowest BCUT2D eigenvalue weighted by atomic mass is 10.2. The second kappa shape index (κ2) is 9.32. The van der Waals surface area contributed by atoms with Gasteiger partial charge in [-0.05, 0) is 45.0 Å². The molecule has 0 saturated carbocycles. The Labute approximate surface area is 193 Å². The van der Waals surface area contributed by atoms with Gasteiger partial charge in [-0.15, -0.1) is 0 Å². The number of hydrogen-bond acceptors (Lipinski definition) is 5. The molecule has 3 rings (SSSR count). The Kier molecular flexibility index (Phi) is 6.86. The van der Waals surface area contributed by atoms with Crippen LogP contribution in [-0.2, 0) is 22.3 Å². The molecule has 1 aliphatic rings. The van der Waals surface area contributed by atoms with Crippen molar-refractivity contribution in [3.05, 3.63) is 47.3 Å². The number of rotatable bonds is 4. The summed E-state index contributed by atoms with van der Waals surface area (Å²) in [7, 11) is 0. The van der Waals surface area contributed by atoms with Crippen LogP contribution in [-0.4, -0.2) is 51.0 Å². The third-order valence-electron chi connectivity index (χ3n) is 4.99. The van der Waals surface area contributed by atoms with Crippen molar-refractivity contribution in [2.24, 2.45) is 0 Å². The number of nitriles is 1. The Balaban J connectivity index is 1.71. The van der Waals surface area contributed by atoms with Gasteiger partial charge in [-0.2, -0.15) is 23.5 Å². The summed E-state index contributed by atoms with van der Waals surface area (Å²) in [5, 5.41) is 16.0. The highest BCUT2D eigenvalue weighted by Crippen LogP contribution is 2.29. The Morgan fingerprint density at radius 1 is 1.24 bits per heavy atom. The van der Waals surface area contributed by atoms with Crippen LogP contribution in [0.25, 0.3) is 5.69 Å². The maximum absolute atomic E-state index is 14.0. The predicted octanol–water partition coefficient (Wildman–Crippen LogP) is 3.73. The number of benzene rings is 1. The lowest BCUT2D eigenvalue weighted by Gasteiger charge is -2.27. The van der Waals surface area contributed by atoms with Crippen LogP contribution in [0.15, 0.2) is 30.5 Å². The minimum atomic E-state index is -4.48. The number of amides is 2. The number of carbonyl (C=O) groups is 2. The summed E-state index contributed by atoms with van der Waals surface area (Å²) in [6, 6.07) is 4.98. The number of alkyl halides is 4. The van der Waals surface area contributed by atoms with Crippen LogP contribution in [0.5, 0.6) is 0 Å². The van der Waals surface area contributed by atoms with Gasteiger partial charge in [-0.1, -0.05) is 0 Å². The Morgan fingerprint density at radius 2 is 1.88 bits per heavy atom. The summed E-state index contributed by atoms with van der Waals surface area (Å²) in [6.07, 6.45) is -5.47. The number of likely N-dealkylation sites (tertiary alicyclic amines) is 1. The molecule has 1 fully saturated rings. The highest BCUT2D eigenvalue weighted by Gasteiger charge is 2.41. The normalized spacial score (nSPS) is 18.5. The molecule has 1 N–H and O–H groups in total. The van der Waals surface area contributed by atoms with E-state index in [1.807, 2.05) is 6.07 Å². The third kappa shape index (κ3) is 5.84. The average Bonchev–Trinajstić information content (AvgIpc) is 3.33. The van der Waals surface area contributed by atoms with Crippen molar-refractivity contribution in [3.63, 3.8) is 0 Å². The molecule has 2 atom stereocenters. The largest absolute Gasteiger partial charge is 0.444 e. The Bertz CT molecular complexity index is 1100. The third-order valence-corrected chi connectivity index (χ3v) is 4.99. The van der Waals surface area contributed by atoms with E-state index in [0.29, 0.717) is 5.56 Å². The quantitative estimate of drug-likeness (QED) is 0.671. The van der Waals surface area contributed by atoms with Crippen LogP contribution in [0.4, 0.5) is 22.4 Å². The van der Waals surface area contributed by atoms with E-state index in [1.165, 1.54) is 23.0 Å². The lowest BCUT2D eigenvalue weighted by molar-refractivity contribution is -0.137. The van der Waals surface area contributed by atoms with E-state index in [-0.39, 0.29) is 30.9 Å². The first-order valence-corrected chi connectivity index (χ1v) is 10.4. The van der Waals surface area contributed by atoms with Crippen molar-refractivity contribution in [1.29, 1.82) is 5.26 Å². The van der Waals surface area contributed by atoms with Crippen molar-refractivity contribution in [1.82, 2.24) is 20.0 Å². The van der Waals surface area contributed by atoms with Crippen LogP contribution in [0.2, 0.25) is 0 Å². The molecule has 1 aromatic carbocycles. The summed E-state index contributed by atoms with van der Waals surface area (Å²) >= 11 is 0. The fourth-order valence-corrected chi connectivity index (χ4v) is 3.42. The predicted molar refractivity (Wildman–Crippen MR) is 111 cm³/mol. The molecule has 8 nitrogen and oxygen atoms in total. The highest BCUT2D eigenvalue weighted by atomic mass is 19.4. The lowest BCUT2D eigenvalue weighted by Crippen LogP contribution is -2.47. The van der Waals surface area contributed by atoms with Crippen LogP contribution < -0.4 is 5.32 Å². The number of nitrogens with zero attached hydrogens (tertiary/aromatic N) is 4. The number of ether oxygens (including phenoxy) is 1. The summed E-state index contributed by atoms with van der Waals surface area (Å²) in [5.74, 6) is -0.628. The van der Waals surface area contributed by atoms with E-state index in [9.17, 15) is 32.4 Å². The van der Waals surface area contributed by atoms with Gasteiger partial charge in [-0.25, -0.2) is 13.9 Å². The topological polar surface area (TPSA) is 100 Å². The van der Waals surface area contributed by atoms with Crippen molar-refractivity contribution in [2.45, 2.75) is 57.7 Å². The fraction of sp³-hybridized carbons (Fsp3) is 0.455. The first kappa shape index (κ1) is 25.0. The first-order valence-electron chi connectivity index (χ1n) is 10.4. The van der Waals surface area contributed by atoms with Crippen LogP contribution in [0.3, 0.4) is 0 Å². The Morgan fingerprint density at radius 3 is 2.44 bits per heavy atom. The van der Waals surface area contributed by atoms with E-state index in [2.05, 4.69) is 10.4 Å². The number of nitrogens with one attached hydrogen (secondary N) is 1. The van der Waals surface area contributed by atoms with Gasteiger partial charge in [0, 0.05) is 24.7 Å². The molecular formula is C22H23F4N5O3. The molecule has 34 heavy (non-hydrogen) atoms. The average molecular weight is 481 g/mol. The van der Waals surface area contributed by atoms with E-state index in [4.69, 9.17) is 4.74 Å². The van der Waals surface area contributed by atoms with E-state index >= 15 is 0 Å². The maximum atomic E-state index is 14.0. The van der Waals surface area contributed by atoms with Crippen LogP contribution >= 0.6 is 0 Å². The van der Waals surface area contributed by atoms with Gasteiger partial charge < -0.3 is 10.1 Å². The highest BCUT2D eigenvalue weighted by molar-refractivity contribution is 5.86. The summed E-state index contributed by atoms with van der Waals surface area (Å²) < 4.78 is 58.8. The molecule has 0 radical (unpaired) electrons. The summed E-state index contributed by atoms with van der Waals surface area (Å²) in [5.41, 5.74) is -1.10. The van der Waals surface area contributed by atoms with Crippen LogP contribution in [0.1, 0.15) is 44.0 Å². The molecule has 0 bridgehead atoms. The number of hydrogen-bond donors (Lipinski definition) is 1. The van der Waals surface area contributed by atoms with Crippen LogP contribution in [0, 0.1) is 11.3 Å². The molecule has 12 heteroatoms. The van der Waals surface area contributed by atoms with Crippen molar-refractivity contribution < 1.29 is 31.9 Å². The SMILES string of the molecule is CC(C)(C)OC(=O)N1CC(F)CC1C(=O)NCc1cn(-c2ccc(C(F)(F)F)cc2)nc1C#N. The zero-order valence-corrected chi connectivity index (χ0v) is 18.7.